The number of benzene rings is 2. The summed E-state index contributed by atoms with van der Waals surface area (Å²) in [6, 6.07) is 14.6. The number of anilines is 1. The van der Waals surface area contributed by atoms with Gasteiger partial charge in [-0.1, -0.05) is 102 Å². The van der Waals surface area contributed by atoms with Gasteiger partial charge in [0.15, 0.2) is 0 Å². The second-order valence-corrected chi connectivity index (χ2v) is 11.4. The van der Waals surface area contributed by atoms with Crippen LogP contribution >= 0.6 is 0 Å². The maximum Gasteiger partial charge on any atom is 0.264 e. The third-order valence-corrected chi connectivity index (χ3v) is 6.78. The first kappa shape index (κ1) is 30.8. The largest absolute Gasteiger partial charge is 0.494 e. The van der Waals surface area contributed by atoms with Gasteiger partial charge < -0.3 is 10.1 Å². The van der Waals surface area contributed by atoms with E-state index >= 15 is 0 Å². The van der Waals surface area contributed by atoms with Crippen molar-refractivity contribution in [2.45, 2.75) is 97.0 Å². The van der Waals surface area contributed by atoms with E-state index in [4.69, 9.17) is 8.92 Å². The summed E-state index contributed by atoms with van der Waals surface area (Å²) in [6.45, 7) is 2.96. The Morgan fingerprint density at radius 2 is 1.24 bits per heavy atom. The minimum absolute atomic E-state index is 0.0270. The van der Waals surface area contributed by atoms with Crippen molar-refractivity contribution >= 4 is 21.7 Å². The highest BCUT2D eigenvalue weighted by molar-refractivity contribution is 7.85. The Labute approximate surface area is 224 Å². The Morgan fingerprint density at radius 1 is 0.730 bits per heavy atom. The van der Waals surface area contributed by atoms with Crippen molar-refractivity contribution in [1.29, 1.82) is 0 Å². The van der Waals surface area contributed by atoms with Crippen LogP contribution in [-0.2, 0) is 32.1 Å². The monoisotopic (exact) mass is 531 g/mol. The van der Waals surface area contributed by atoms with Gasteiger partial charge in [-0.3, -0.25) is 8.98 Å². The molecule has 6 nitrogen and oxygen atoms in total. The normalized spacial score (nSPS) is 11.4. The average molecular weight is 532 g/mol. The van der Waals surface area contributed by atoms with Crippen molar-refractivity contribution in [2.75, 3.05) is 18.2 Å². The Kier molecular flexibility index (Phi) is 15.0. The molecule has 0 fully saturated rings. The molecular weight excluding hydrogens is 486 g/mol. The first-order valence-corrected chi connectivity index (χ1v) is 15.6. The predicted molar refractivity (Wildman–Crippen MR) is 151 cm³/mol. The van der Waals surface area contributed by atoms with E-state index in [1.807, 2.05) is 24.3 Å². The molecule has 206 valence electrons. The summed E-state index contributed by atoms with van der Waals surface area (Å²) in [5, 5.41) is 2.86. The Bertz CT molecular complexity index is 988. The number of amides is 1. The molecule has 0 aliphatic rings. The fraction of sp³-hybridized carbons (Fsp3) is 0.567. The fourth-order valence-electron chi connectivity index (χ4n) is 4.09. The summed E-state index contributed by atoms with van der Waals surface area (Å²) < 4.78 is 32.8. The molecule has 0 saturated heterocycles. The van der Waals surface area contributed by atoms with E-state index in [2.05, 4.69) is 12.2 Å². The number of carbonyl (C=O) groups is 1. The summed E-state index contributed by atoms with van der Waals surface area (Å²) in [4.78, 5) is 12.4. The number of rotatable bonds is 20. The van der Waals surface area contributed by atoms with E-state index in [-0.39, 0.29) is 18.9 Å². The first-order chi connectivity index (χ1) is 17.9. The Morgan fingerprint density at radius 3 is 1.78 bits per heavy atom. The molecule has 0 heterocycles. The highest BCUT2D eigenvalue weighted by Gasteiger charge is 2.06. The predicted octanol–water partition coefficient (Wildman–Crippen LogP) is 7.42. The summed E-state index contributed by atoms with van der Waals surface area (Å²) in [5.41, 5.74) is 2.27. The zero-order valence-corrected chi connectivity index (χ0v) is 23.5. The van der Waals surface area contributed by atoms with Crippen LogP contribution in [0.3, 0.4) is 0 Å². The van der Waals surface area contributed by atoms with Gasteiger partial charge in [0.2, 0.25) is 5.91 Å². The summed E-state index contributed by atoms with van der Waals surface area (Å²) in [6.07, 6.45) is 17.2. The van der Waals surface area contributed by atoms with Crippen molar-refractivity contribution in [3.8, 4) is 5.75 Å². The van der Waals surface area contributed by atoms with Crippen LogP contribution in [0.4, 0.5) is 5.69 Å². The van der Waals surface area contributed by atoms with Crippen LogP contribution in [0.25, 0.3) is 0 Å². The van der Waals surface area contributed by atoms with E-state index in [0.717, 1.165) is 30.6 Å². The number of nitrogens with one attached hydrogen (secondary N) is 1. The molecule has 1 N–H and O–H groups in total. The van der Waals surface area contributed by atoms with Crippen LogP contribution in [0.15, 0.2) is 48.5 Å². The third-order valence-electron chi connectivity index (χ3n) is 6.23. The van der Waals surface area contributed by atoms with Crippen molar-refractivity contribution < 1.29 is 22.1 Å². The van der Waals surface area contributed by atoms with Gasteiger partial charge in [-0.25, -0.2) is 0 Å². The van der Waals surface area contributed by atoms with E-state index in [1.54, 1.807) is 24.3 Å². The summed E-state index contributed by atoms with van der Waals surface area (Å²) in [7, 11) is -3.48. The first-order valence-electron chi connectivity index (χ1n) is 13.8. The summed E-state index contributed by atoms with van der Waals surface area (Å²) >= 11 is 0. The van der Waals surface area contributed by atoms with Crippen LogP contribution < -0.4 is 10.1 Å². The molecule has 0 unspecified atom stereocenters. The quantitative estimate of drug-likeness (QED) is 0.142. The van der Waals surface area contributed by atoms with Crippen LogP contribution in [-0.4, -0.2) is 27.2 Å². The number of ether oxygens (including phenoxy) is 1. The van der Waals surface area contributed by atoms with Crippen molar-refractivity contribution in [1.82, 2.24) is 0 Å². The van der Waals surface area contributed by atoms with Crippen LogP contribution in [0.5, 0.6) is 5.75 Å². The molecule has 0 bridgehead atoms. The van der Waals surface area contributed by atoms with Gasteiger partial charge in [0, 0.05) is 5.69 Å². The second-order valence-electron chi connectivity index (χ2n) is 9.77. The lowest BCUT2D eigenvalue weighted by atomic mass is 10.1. The molecule has 0 aliphatic carbocycles. The number of unbranched alkanes of at least 4 members (excludes halogenated alkanes) is 11. The molecule has 0 aromatic heterocycles. The van der Waals surface area contributed by atoms with Gasteiger partial charge in [0.1, 0.15) is 5.75 Å². The van der Waals surface area contributed by atoms with Gasteiger partial charge in [-0.05, 0) is 41.8 Å². The number of carbonyl (C=O) groups excluding carboxylic acids is 1. The van der Waals surface area contributed by atoms with E-state index in [0.29, 0.717) is 11.3 Å². The van der Waals surface area contributed by atoms with Crippen molar-refractivity contribution in [3.05, 3.63) is 59.7 Å². The third kappa shape index (κ3) is 15.5. The molecule has 2 rings (SSSR count). The lowest BCUT2D eigenvalue weighted by Gasteiger charge is -2.09. The SMILES string of the molecule is CCCCCCCCCCCCCCOc1ccc(CC(=O)Nc2ccc(COS(C)(=O)=O)cc2)cc1. The smallest absolute Gasteiger partial charge is 0.264 e. The topological polar surface area (TPSA) is 81.7 Å². The van der Waals surface area contributed by atoms with Gasteiger partial charge >= 0.3 is 0 Å². The molecule has 7 heteroatoms. The molecule has 0 spiro atoms. The summed E-state index contributed by atoms with van der Waals surface area (Å²) in [5.74, 6) is 0.712. The molecule has 0 saturated carbocycles. The van der Waals surface area contributed by atoms with Gasteiger partial charge in [-0.15, -0.1) is 0 Å². The van der Waals surface area contributed by atoms with Crippen molar-refractivity contribution in [3.63, 3.8) is 0 Å². The van der Waals surface area contributed by atoms with E-state index in [1.165, 1.54) is 70.6 Å². The average Bonchev–Trinajstić information content (AvgIpc) is 2.87. The van der Waals surface area contributed by atoms with Gasteiger partial charge in [-0.2, -0.15) is 8.42 Å². The van der Waals surface area contributed by atoms with Crippen LogP contribution in [0, 0.1) is 0 Å². The molecular formula is C30H45NO5S. The molecule has 0 aliphatic heterocycles. The zero-order chi connectivity index (χ0) is 26.8. The Balaban J connectivity index is 1.54. The maximum atomic E-state index is 12.4. The highest BCUT2D eigenvalue weighted by atomic mass is 32.2. The molecule has 0 radical (unpaired) electrons. The van der Waals surface area contributed by atoms with Gasteiger partial charge in [0.25, 0.3) is 10.1 Å². The lowest BCUT2D eigenvalue weighted by molar-refractivity contribution is -0.115. The molecule has 2 aromatic carbocycles. The van der Waals surface area contributed by atoms with E-state index < -0.39 is 10.1 Å². The minimum atomic E-state index is -3.48. The minimum Gasteiger partial charge on any atom is -0.494 e. The highest BCUT2D eigenvalue weighted by Crippen LogP contribution is 2.16. The standard InChI is InChI=1S/C30H45NO5S/c1-3-4-5-6-7-8-9-10-11-12-13-14-23-35-29-21-17-26(18-22-29)24-30(32)31-28-19-15-27(16-20-28)25-36-37(2,33)34/h15-22H,3-14,23-25H2,1-2H3,(H,31,32). The van der Waals surface area contributed by atoms with E-state index in [9.17, 15) is 13.2 Å². The number of hydrogen-bond acceptors (Lipinski definition) is 5. The Hall–Kier alpha value is -2.38. The maximum absolute atomic E-state index is 12.4. The second kappa shape index (κ2) is 18.0. The van der Waals surface area contributed by atoms with Crippen molar-refractivity contribution in [2.24, 2.45) is 0 Å². The molecule has 1 amide bonds. The zero-order valence-electron chi connectivity index (χ0n) is 22.7. The van der Waals surface area contributed by atoms with Gasteiger partial charge in [0.05, 0.1) is 25.9 Å². The lowest BCUT2D eigenvalue weighted by Crippen LogP contribution is -2.14. The molecule has 2 aromatic rings. The molecule has 37 heavy (non-hydrogen) atoms. The molecule has 0 atom stereocenters. The number of hydrogen-bond donors (Lipinski definition) is 1. The fourth-order valence-corrected chi connectivity index (χ4v) is 4.44. The van der Waals surface area contributed by atoms with Crippen LogP contribution in [0.2, 0.25) is 0 Å². The van der Waals surface area contributed by atoms with Crippen LogP contribution in [0.1, 0.15) is 95.1 Å².